The molecular formula is C18H23ClN4O3. The molecule has 3 rings (SSSR count). The van der Waals surface area contributed by atoms with Crippen LogP contribution in [0.4, 0.5) is 16.2 Å². The van der Waals surface area contributed by atoms with Crippen LogP contribution in [0.2, 0.25) is 5.02 Å². The number of morpholine rings is 1. The Balaban J connectivity index is 1.59. The van der Waals surface area contributed by atoms with E-state index in [1.807, 2.05) is 32.0 Å². The van der Waals surface area contributed by atoms with Crippen molar-refractivity contribution in [3.63, 3.8) is 0 Å². The smallest absolute Gasteiger partial charge is 0.319 e. The highest BCUT2D eigenvalue weighted by molar-refractivity contribution is 6.33. The minimum atomic E-state index is -0.347. The fourth-order valence-corrected chi connectivity index (χ4v) is 2.81. The summed E-state index contributed by atoms with van der Waals surface area (Å²) in [6, 6.07) is 7.10. The Kier molecular flexibility index (Phi) is 6.00. The van der Waals surface area contributed by atoms with E-state index in [0.29, 0.717) is 29.6 Å². The quantitative estimate of drug-likeness (QED) is 0.830. The van der Waals surface area contributed by atoms with Crippen LogP contribution in [-0.4, -0.2) is 37.5 Å². The molecule has 8 heteroatoms. The van der Waals surface area contributed by atoms with Gasteiger partial charge in [0.15, 0.2) is 0 Å². The predicted molar refractivity (Wildman–Crippen MR) is 101 cm³/mol. The molecule has 1 aromatic heterocycles. The number of ether oxygens (including phenoxy) is 1. The monoisotopic (exact) mass is 378 g/mol. The van der Waals surface area contributed by atoms with Gasteiger partial charge in [0.05, 0.1) is 30.5 Å². The Hall–Kier alpha value is -2.25. The number of amides is 2. The standard InChI is InChI=1S/C18H23ClN4O3/c1-12(2)17-9-13(22-26-17)11-20-18(24)21-16-10-14(3-4-15(16)19)23-5-7-25-8-6-23/h3-4,9-10,12H,5-8,11H2,1-2H3,(H2,20,21,24). The van der Waals surface area contributed by atoms with Crippen molar-refractivity contribution in [2.45, 2.75) is 26.3 Å². The summed E-state index contributed by atoms with van der Waals surface area (Å²) in [7, 11) is 0. The number of nitrogens with zero attached hydrogens (tertiary/aromatic N) is 2. The molecule has 0 unspecified atom stereocenters. The number of halogens is 1. The van der Waals surface area contributed by atoms with E-state index in [0.717, 1.165) is 24.5 Å². The molecule has 1 fully saturated rings. The minimum Gasteiger partial charge on any atom is -0.378 e. The predicted octanol–water partition coefficient (Wildman–Crippen LogP) is 3.61. The molecule has 0 aliphatic carbocycles. The van der Waals surface area contributed by atoms with Crippen LogP contribution in [0.25, 0.3) is 0 Å². The molecule has 2 N–H and O–H groups in total. The third-order valence-electron chi connectivity index (χ3n) is 4.15. The summed E-state index contributed by atoms with van der Waals surface area (Å²) in [5, 5.41) is 9.99. The van der Waals surface area contributed by atoms with Gasteiger partial charge in [-0.25, -0.2) is 4.79 Å². The number of carbonyl (C=O) groups is 1. The molecule has 1 saturated heterocycles. The maximum Gasteiger partial charge on any atom is 0.319 e. The largest absolute Gasteiger partial charge is 0.378 e. The van der Waals surface area contributed by atoms with Crippen LogP contribution in [0, 0.1) is 0 Å². The van der Waals surface area contributed by atoms with Crippen molar-refractivity contribution in [2.24, 2.45) is 0 Å². The average molecular weight is 379 g/mol. The fraction of sp³-hybridized carbons (Fsp3) is 0.444. The SMILES string of the molecule is CC(C)c1cc(CNC(=O)Nc2cc(N3CCOCC3)ccc2Cl)no1. The molecule has 1 aromatic carbocycles. The van der Waals surface area contributed by atoms with E-state index in [2.05, 4.69) is 20.7 Å². The van der Waals surface area contributed by atoms with Crippen molar-refractivity contribution in [1.29, 1.82) is 0 Å². The van der Waals surface area contributed by atoms with Crippen LogP contribution in [0.3, 0.4) is 0 Å². The summed E-state index contributed by atoms with van der Waals surface area (Å²) in [6.07, 6.45) is 0. The summed E-state index contributed by atoms with van der Waals surface area (Å²) >= 11 is 6.22. The molecule has 140 valence electrons. The molecule has 1 aliphatic heterocycles. The molecule has 1 aliphatic rings. The number of nitrogens with one attached hydrogen (secondary N) is 2. The number of aromatic nitrogens is 1. The Morgan fingerprint density at radius 3 is 2.77 bits per heavy atom. The van der Waals surface area contributed by atoms with Gasteiger partial charge in [-0.05, 0) is 18.2 Å². The van der Waals surface area contributed by atoms with E-state index in [1.165, 1.54) is 0 Å². The topological polar surface area (TPSA) is 79.6 Å². The van der Waals surface area contributed by atoms with Gasteiger partial charge in [-0.2, -0.15) is 0 Å². The molecule has 7 nitrogen and oxygen atoms in total. The van der Waals surface area contributed by atoms with E-state index in [9.17, 15) is 4.79 Å². The van der Waals surface area contributed by atoms with Crippen molar-refractivity contribution < 1.29 is 14.1 Å². The molecule has 26 heavy (non-hydrogen) atoms. The summed E-state index contributed by atoms with van der Waals surface area (Å²) in [4.78, 5) is 14.4. The number of rotatable bonds is 5. The van der Waals surface area contributed by atoms with Crippen LogP contribution >= 0.6 is 11.6 Å². The first-order chi connectivity index (χ1) is 12.5. The van der Waals surface area contributed by atoms with Crippen LogP contribution in [0.5, 0.6) is 0 Å². The lowest BCUT2D eigenvalue weighted by molar-refractivity contribution is 0.122. The zero-order chi connectivity index (χ0) is 18.5. The Bertz CT molecular complexity index is 757. The fourth-order valence-electron chi connectivity index (χ4n) is 2.65. The molecule has 2 aromatic rings. The van der Waals surface area contributed by atoms with Gasteiger partial charge in [-0.3, -0.25) is 0 Å². The molecule has 2 amide bonds. The molecule has 0 saturated carbocycles. The van der Waals surface area contributed by atoms with Crippen molar-refractivity contribution in [3.8, 4) is 0 Å². The first kappa shape index (κ1) is 18.5. The second-order valence-corrected chi connectivity index (χ2v) is 6.85. The van der Waals surface area contributed by atoms with E-state index in [4.69, 9.17) is 20.9 Å². The van der Waals surface area contributed by atoms with Gasteiger partial charge in [0.1, 0.15) is 11.5 Å². The second kappa shape index (κ2) is 8.42. The van der Waals surface area contributed by atoms with Gasteiger partial charge >= 0.3 is 6.03 Å². The van der Waals surface area contributed by atoms with Crippen LogP contribution in [-0.2, 0) is 11.3 Å². The lowest BCUT2D eigenvalue weighted by atomic mass is 10.1. The van der Waals surface area contributed by atoms with Gasteiger partial charge in [-0.15, -0.1) is 0 Å². The zero-order valence-electron chi connectivity index (χ0n) is 14.9. The summed E-state index contributed by atoms with van der Waals surface area (Å²) in [6.45, 7) is 7.35. The summed E-state index contributed by atoms with van der Waals surface area (Å²) in [5.74, 6) is 1.05. The molecule has 2 heterocycles. The van der Waals surface area contributed by atoms with Gasteiger partial charge < -0.3 is 24.8 Å². The van der Waals surface area contributed by atoms with Gasteiger partial charge in [-0.1, -0.05) is 30.6 Å². The van der Waals surface area contributed by atoms with Gasteiger partial charge in [0, 0.05) is 30.8 Å². The van der Waals surface area contributed by atoms with Crippen molar-refractivity contribution in [3.05, 3.63) is 40.7 Å². The number of urea groups is 1. The zero-order valence-corrected chi connectivity index (χ0v) is 15.7. The molecule has 0 radical (unpaired) electrons. The minimum absolute atomic E-state index is 0.256. The van der Waals surface area contributed by atoms with Gasteiger partial charge in [0.25, 0.3) is 0 Å². The van der Waals surface area contributed by atoms with Crippen molar-refractivity contribution in [2.75, 3.05) is 36.5 Å². The molecule has 0 bridgehead atoms. The summed E-state index contributed by atoms with van der Waals surface area (Å²) < 4.78 is 10.6. The first-order valence-electron chi connectivity index (χ1n) is 8.65. The number of hydrogen-bond donors (Lipinski definition) is 2. The highest BCUT2D eigenvalue weighted by atomic mass is 35.5. The number of carbonyl (C=O) groups excluding carboxylic acids is 1. The van der Waals surface area contributed by atoms with Crippen molar-refractivity contribution >= 4 is 29.0 Å². The van der Waals surface area contributed by atoms with Crippen LogP contribution < -0.4 is 15.5 Å². The maximum absolute atomic E-state index is 12.2. The third-order valence-corrected chi connectivity index (χ3v) is 4.48. The van der Waals surface area contributed by atoms with Crippen LogP contribution in [0.1, 0.15) is 31.2 Å². The normalized spacial score (nSPS) is 14.5. The lowest BCUT2D eigenvalue weighted by Crippen LogP contribution is -2.36. The number of anilines is 2. The Labute approximate surface area is 157 Å². The molecule has 0 spiro atoms. The Morgan fingerprint density at radius 2 is 2.08 bits per heavy atom. The second-order valence-electron chi connectivity index (χ2n) is 6.45. The Morgan fingerprint density at radius 1 is 1.31 bits per heavy atom. The van der Waals surface area contributed by atoms with E-state index >= 15 is 0 Å². The van der Waals surface area contributed by atoms with E-state index in [1.54, 1.807) is 6.07 Å². The number of hydrogen-bond acceptors (Lipinski definition) is 5. The highest BCUT2D eigenvalue weighted by Crippen LogP contribution is 2.28. The lowest BCUT2D eigenvalue weighted by Gasteiger charge is -2.29. The molecular weight excluding hydrogens is 356 g/mol. The number of benzene rings is 1. The maximum atomic E-state index is 12.2. The van der Waals surface area contributed by atoms with Gasteiger partial charge in [0.2, 0.25) is 0 Å². The molecule has 0 atom stereocenters. The highest BCUT2D eigenvalue weighted by Gasteiger charge is 2.14. The van der Waals surface area contributed by atoms with E-state index < -0.39 is 0 Å². The first-order valence-corrected chi connectivity index (χ1v) is 9.03. The van der Waals surface area contributed by atoms with E-state index in [-0.39, 0.29) is 18.5 Å². The van der Waals surface area contributed by atoms with Crippen LogP contribution in [0.15, 0.2) is 28.8 Å². The average Bonchev–Trinajstić information content (AvgIpc) is 3.12. The summed E-state index contributed by atoms with van der Waals surface area (Å²) in [5.41, 5.74) is 2.25. The third kappa shape index (κ3) is 4.68. The van der Waals surface area contributed by atoms with Crippen molar-refractivity contribution in [1.82, 2.24) is 10.5 Å².